The van der Waals surface area contributed by atoms with E-state index in [1.807, 2.05) is 6.92 Å². The fourth-order valence-electron chi connectivity index (χ4n) is 1.70. The van der Waals surface area contributed by atoms with Gasteiger partial charge in [-0.05, 0) is 26.0 Å². The topological polar surface area (TPSA) is 55.2 Å². The number of rotatable bonds is 5. The number of hydrogen-bond acceptors (Lipinski definition) is 3. The van der Waals surface area contributed by atoms with Gasteiger partial charge < -0.3 is 5.32 Å². The number of nitrogens with zero attached hydrogens (tertiary/aromatic N) is 1. The highest BCUT2D eigenvalue weighted by molar-refractivity contribution is 5.42. The molecular weight excluding hydrogens is 230 g/mol. The molecule has 0 saturated heterocycles. The van der Waals surface area contributed by atoms with Crippen LogP contribution in [0.1, 0.15) is 18.9 Å². The molecule has 0 amide bonds. The van der Waals surface area contributed by atoms with Gasteiger partial charge in [-0.1, -0.05) is 6.92 Å². The second kappa shape index (κ2) is 5.67. The van der Waals surface area contributed by atoms with Crippen LogP contribution >= 0.6 is 0 Å². The number of nitro groups is 1. The Morgan fingerprint density at radius 3 is 2.59 bits per heavy atom. The van der Waals surface area contributed by atoms with E-state index in [1.165, 1.54) is 0 Å². The molecule has 0 aliphatic carbocycles. The van der Waals surface area contributed by atoms with E-state index in [-0.39, 0.29) is 18.0 Å². The molecule has 0 radical (unpaired) electrons. The van der Waals surface area contributed by atoms with Crippen molar-refractivity contribution in [2.75, 3.05) is 7.05 Å². The molecule has 0 aliphatic heterocycles. The molecule has 4 nitrogen and oxygen atoms in total. The molecule has 6 heteroatoms. The van der Waals surface area contributed by atoms with Gasteiger partial charge in [0.15, 0.2) is 0 Å². The second-order valence-corrected chi connectivity index (χ2v) is 3.75. The van der Waals surface area contributed by atoms with E-state index in [4.69, 9.17) is 0 Å². The average Bonchev–Trinajstić information content (AvgIpc) is 2.24. The van der Waals surface area contributed by atoms with Gasteiger partial charge in [0.2, 0.25) is 5.82 Å². The van der Waals surface area contributed by atoms with Crippen LogP contribution in [0.25, 0.3) is 0 Å². The zero-order valence-electron chi connectivity index (χ0n) is 9.67. The Morgan fingerprint density at radius 1 is 1.47 bits per heavy atom. The molecule has 1 N–H and O–H groups in total. The maximum Gasteiger partial charge on any atom is 0.308 e. The largest absolute Gasteiger partial charge is 0.317 e. The lowest BCUT2D eigenvalue weighted by molar-refractivity contribution is -0.388. The third kappa shape index (κ3) is 3.20. The Balaban J connectivity index is 3.16. The molecule has 0 heterocycles. The summed E-state index contributed by atoms with van der Waals surface area (Å²) in [7, 11) is 1.70. The molecule has 1 aromatic rings. The van der Waals surface area contributed by atoms with Crippen molar-refractivity contribution in [1.82, 2.24) is 5.32 Å². The number of halogens is 2. The molecule has 94 valence electrons. The number of nitro benzene ring substituents is 1. The van der Waals surface area contributed by atoms with Crippen molar-refractivity contribution in [3.05, 3.63) is 39.4 Å². The summed E-state index contributed by atoms with van der Waals surface area (Å²) in [5, 5.41) is 13.7. The Hall–Kier alpha value is -1.56. The lowest BCUT2D eigenvalue weighted by atomic mass is 10.0. The predicted molar refractivity (Wildman–Crippen MR) is 59.9 cm³/mol. The SMILES string of the molecule is CCC(Cc1cc(F)cc(F)c1[N+](=O)[O-])NC. The van der Waals surface area contributed by atoms with E-state index in [9.17, 15) is 18.9 Å². The minimum absolute atomic E-state index is 0.0464. The van der Waals surface area contributed by atoms with Gasteiger partial charge in [-0.15, -0.1) is 0 Å². The summed E-state index contributed by atoms with van der Waals surface area (Å²) in [6.07, 6.45) is 0.934. The minimum atomic E-state index is -1.13. The van der Waals surface area contributed by atoms with E-state index in [0.29, 0.717) is 12.5 Å². The van der Waals surface area contributed by atoms with Gasteiger partial charge in [-0.2, -0.15) is 4.39 Å². The van der Waals surface area contributed by atoms with Gasteiger partial charge in [0, 0.05) is 17.7 Å². The van der Waals surface area contributed by atoms with Crippen molar-refractivity contribution in [3.8, 4) is 0 Å². The molecule has 0 aliphatic rings. The smallest absolute Gasteiger partial charge is 0.308 e. The zero-order valence-corrected chi connectivity index (χ0v) is 9.67. The third-order valence-corrected chi connectivity index (χ3v) is 2.66. The molecule has 1 atom stereocenters. The molecule has 1 aromatic carbocycles. The normalized spacial score (nSPS) is 12.5. The van der Waals surface area contributed by atoms with Crippen LogP contribution < -0.4 is 5.32 Å². The van der Waals surface area contributed by atoms with Crippen LogP contribution in [0.2, 0.25) is 0 Å². The first-order valence-electron chi connectivity index (χ1n) is 5.29. The maximum atomic E-state index is 13.3. The van der Waals surface area contributed by atoms with E-state index >= 15 is 0 Å². The number of benzene rings is 1. The third-order valence-electron chi connectivity index (χ3n) is 2.66. The molecule has 17 heavy (non-hydrogen) atoms. The summed E-state index contributed by atoms with van der Waals surface area (Å²) < 4.78 is 26.4. The van der Waals surface area contributed by atoms with Crippen LogP contribution in [-0.4, -0.2) is 18.0 Å². The number of likely N-dealkylation sites (N-methyl/N-ethyl adjacent to an activating group) is 1. The van der Waals surface area contributed by atoms with Gasteiger partial charge in [0.25, 0.3) is 0 Å². The summed E-state index contributed by atoms with van der Waals surface area (Å²) in [4.78, 5) is 9.92. The standard InChI is InChI=1S/C11H14F2N2O2/c1-3-9(14-2)5-7-4-8(12)6-10(13)11(7)15(16)17/h4,6,9,14H,3,5H2,1-2H3. The number of nitrogens with one attached hydrogen (secondary N) is 1. The van der Waals surface area contributed by atoms with Gasteiger partial charge in [0.05, 0.1) is 4.92 Å². The fourth-order valence-corrected chi connectivity index (χ4v) is 1.70. The summed E-state index contributed by atoms with van der Waals surface area (Å²) in [5.74, 6) is -1.93. The van der Waals surface area contributed by atoms with Crippen LogP contribution in [0, 0.1) is 21.7 Å². The molecule has 0 spiro atoms. The number of hydrogen-bond donors (Lipinski definition) is 1. The molecule has 1 rings (SSSR count). The second-order valence-electron chi connectivity index (χ2n) is 3.75. The van der Waals surface area contributed by atoms with E-state index in [0.717, 1.165) is 6.07 Å². The van der Waals surface area contributed by atoms with Gasteiger partial charge >= 0.3 is 5.69 Å². The molecule has 0 bridgehead atoms. The predicted octanol–water partition coefficient (Wildman–Crippen LogP) is 2.41. The Kier molecular flexibility index (Phi) is 4.51. The van der Waals surface area contributed by atoms with Crippen molar-refractivity contribution in [2.24, 2.45) is 0 Å². The Bertz CT molecular complexity index is 420. The van der Waals surface area contributed by atoms with Crippen LogP contribution in [0.4, 0.5) is 14.5 Å². The van der Waals surface area contributed by atoms with Crippen molar-refractivity contribution in [3.63, 3.8) is 0 Å². The highest BCUT2D eigenvalue weighted by Gasteiger charge is 2.23. The van der Waals surface area contributed by atoms with E-state index < -0.39 is 22.2 Å². The lowest BCUT2D eigenvalue weighted by Gasteiger charge is -2.13. The van der Waals surface area contributed by atoms with Gasteiger partial charge in [-0.25, -0.2) is 4.39 Å². The van der Waals surface area contributed by atoms with Crippen LogP contribution in [-0.2, 0) is 6.42 Å². The highest BCUT2D eigenvalue weighted by Crippen LogP contribution is 2.25. The summed E-state index contributed by atoms with van der Waals surface area (Å²) in [6, 6.07) is 1.50. The zero-order chi connectivity index (χ0) is 13.0. The first kappa shape index (κ1) is 13.5. The van der Waals surface area contributed by atoms with Gasteiger partial charge in [0.1, 0.15) is 5.82 Å². The van der Waals surface area contributed by atoms with Crippen LogP contribution in [0.5, 0.6) is 0 Å². The molecular formula is C11H14F2N2O2. The molecule has 0 aromatic heterocycles. The fraction of sp³-hybridized carbons (Fsp3) is 0.455. The molecule has 0 saturated carbocycles. The van der Waals surface area contributed by atoms with Crippen molar-refractivity contribution >= 4 is 5.69 Å². The summed E-state index contributed by atoms with van der Waals surface area (Å²) >= 11 is 0. The van der Waals surface area contributed by atoms with Crippen molar-refractivity contribution in [1.29, 1.82) is 0 Å². The maximum absolute atomic E-state index is 13.3. The summed E-state index contributed by atoms with van der Waals surface area (Å²) in [5.41, 5.74) is -0.561. The lowest BCUT2D eigenvalue weighted by Crippen LogP contribution is -2.27. The Morgan fingerprint density at radius 2 is 2.12 bits per heavy atom. The highest BCUT2D eigenvalue weighted by atomic mass is 19.1. The molecule has 0 fully saturated rings. The van der Waals surface area contributed by atoms with E-state index in [2.05, 4.69) is 5.32 Å². The summed E-state index contributed by atoms with van der Waals surface area (Å²) in [6.45, 7) is 1.89. The van der Waals surface area contributed by atoms with Crippen molar-refractivity contribution < 1.29 is 13.7 Å². The van der Waals surface area contributed by atoms with Crippen molar-refractivity contribution in [2.45, 2.75) is 25.8 Å². The average molecular weight is 244 g/mol. The van der Waals surface area contributed by atoms with Crippen LogP contribution in [0.3, 0.4) is 0 Å². The quantitative estimate of drug-likeness (QED) is 0.639. The van der Waals surface area contributed by atoms with Crippen LogP contribution in [0.15, 0.2) is 12.1 Å². The first-order chi connectivity index (χ1) is 7.99. The molecule has 1 unspecified atom stereocenters. The first-order valence-corrected chi connectivity index (χ1v) is 5.29. The minimum Gasteiger partial charge on any atom is -0.317 e. The Labute approximate surface area is 97.8 Å². The monoisotopic (exact) mass is 244 g/mol. The van der Waals surface area contributed by atoms with Gasteiger partial charge in [-0.3, -0.25) is 10.1 Å². The van der Waals surface area contributed by atoms with E-state index in [1.54, 1.807) is 7.05 Å².